The van der Waals surface area contributed by atoms with Gasteiger partial charge in [0.1, 0.15) is 5.75 Å². The number of hydrogen-bond acceptors (Lipinski definition) is 5. The fraction of sp³-hybridized carbons (Fsp3) is 0.300. The molecule has 1 aromatic rings. The number of nitrogens with zero attached hydrogens (tertiary/aromatic N) is 1. The minimum atomic E-state index is -1.64. The van der Waals surface area contributed by atoms with Crippen molar-refractivity contribution in [1.29, 1.82) is 0 Å². The normalized spacial score (nSPS) is 9.94. The van der Waals surface area contributed by atoms with Crippen LogP contribution in [0.4, 0.5) is 0 Å². The Bertz CT molecular complexity index is 410. The van der Waals surface area contributed by atoms with Crippen LogP contribution in [0.15, 0.2) is 18.2 Å². The molecule has 0 fully saturated rings. The van der Waals surface area contributed by atoms with E-state index in [1.165, 1.54) is 39.5 Å². The van der Waals surface area contributed by atoms with E-state index in [1.807, 2.05) is 0 Å². The van der Waals surface area contributed by atoms with E-state index >= 15 is 0 Å². The second-order valence-corrected chi connectivity index (χ2v) is 3.32. The van der Waals surface area contributed by atoms with Gasteiger partial charge in [0.2, 0.25) is 0 Å². The zero-order valence-corrected chi connectivity index (χ0v) is 9.88. The molecule has 0 saturated heterocycles. The Morgan fingerprint density at radius 2 is 2.00 bits per heavy atom. The lowest BCUT2D eigenvalue weighted by Crippen LogP contribution is -2.32. The van der Waals surface area contributed by atoms with Crippen molar-refractivity contribution < 1.29 is 24.4 Å². The first kappa shape index (κ1) is 13.5. The number of amides is 1. The average Bonchev–Trinajstić information content (AvgIpc) is 2.35. The van der Waals surface area contributed by atoms with Crippen LogP contribution < -0.4 is 10.2 Å². The maximum Gasteiger partial charge on any atom is 0.492 e. The summed E-state index contributed by atoms with van der Waals surface area (Å²) in [6.07, 6.45) is 0. The van der Waals surface area contributed by atoms with Crippen LogP contribution in [0.1, 0.15) is 10.4 Å². The van der Waals surface area contributed by atoms with E-state index in [0.717, 1.165) is 5.06 Å². The Kier molecular flexibility index (Phi) is 4.50. The highest BCUT2D eigenvalue weighted by Gasteiger charge is 2.20. The van der Waals surface area contributed by atoms with Gasteiger partial charge in [-0.05, 0) is 12.1 Å². The van der Waals surface area contributed by atoms with Gasteiger partial charge in [0.15, 0.2) is 0 Å². The maximum atomic E-state index is 11.7. The van der Waals surface area contributed by atoms with E-state index in [1.54, 1.807) is 0 Å². The van der Waals surface area contributed by atoms with Crippen molar-refractivity contribution in [3.05, 3.63) is 23.8 Å². The Morgan fingerprint density at radius 3 is 2.47 bits per heavy atom. The molecule has 2 N–H and O–H groups in total. The van der Waals surface area contributed by atoms with Gasteiger partial charge in [-0.15, -0.1) is 0 Å². The Labute approximate surface area is 99.5 Å². The molecule has 0 unspecified atom stereocenters. The monoisotopic (exact) mass is 239 g/mol. The van der Waals surface area contributed by atoms with Gasteiger partial charge in [0, 0.05) is 18.1 Å². The Hall–Kier alpha value is -1.57. The first-order chi connectivity index (χ1) is 8.01. The minimum Gasteiger partial charge on any atom is -0.497 e. The summed E-state index contributed by atoms with van der Waals surface area (Å²) in [7, 11) is 2.59. The summed E-state index contributed by atoms with van der Waals surface area (Å²) in [6, 6.07) is 4.31. The molecule has 0 aromatic heterocycles. The van der Waals surface area contributed by atoms with Gasteiger partial charge in [0.05, 0.1) is 14.2 Å². The second kappa shape index (κ2) is 5.67. The largest absolute Gasteiger partial charge is 0.497 e. The van der Waals surface area contributed by atoms with Crippen LogP contribution in [-0.2, 0) is 4.84 Å². The van der Waals surface area contributed by atoms with Crippen molar-refractivity contribution in [2.75, 3.05) is 21.3 Å². The summed E-state index contributed by atoms with van der Waals surface area (Å²) >= 11 is 0. The lowest BCUT2D eigenvalue weighted by Gasteiger charge is -2.15. The van der Waals surface area contributed by atoms with Crippen molar-refractivity contribution in [3.63, 3.8) is 0 Å². The molecule has 0 radical (unpaired) electrons. The van der Waals surface area contributed by atoms with Crippen LogP contribution >= 0.6 is 0 Å². The number of methoxy groups -OCH3 is 1. The number of ether oxygens (including phenoxy) is 1. The molecule has 6 nitrogen and oxygen atoms in total. The van der Waals surface area contributed by atoms with Gasteiger partial charge in [-0.1, -0.05) is 6.07 Å². The van der Waals surface area contributed by atoms with Gasteiger partial charge >= 0.3 is 7.12 Å². The maximum absolute atomic E-state index is 11.7. The highest BCUT2D eigenvalue weighted by molar-refractivity contribution is 6.59. The topological polar surface area (TPSA) is 79.2 Å². The highest BCUT2D eigenvalue weighted by Crippen LogP contribution is 2.12. The van der Waals surface area contributed by atoms with E-state index < -0.39 is 7.12 Å². The Morgan fingerprint density at radius 1 is 1.35 bits per heavy atom. The molecule has 0 atom stereocenters. The second-order valence-electron chi connectivity index (χ2n) is 3.32. The van der Waals surface area contributed by atoms with Crippen molar-refractivity contribution in [2.24, 2.45) is 0 Å². The van der Waals surface area contributed by atoms with Crippen LogP contribution in [0.5, 0.6) is 5.75 Å². The lowest BCUT2D eigenvalue weighted by molar-refractivity contribution is -0.0757. The summed E-state index contributed by atoms with van der Waals surface area (Å²) in [4.78, 5) is 16.5. The van der Waals surface area contributed by atoms with Crippen LogP contribution in [0.2, 0.25) is 0 Å². The van der Waals surface area contributed by atoms with E-state index in [-0.39, 0.29) is 17.1 Å². The van der Waals surface area contributed by atoms with Crippen LogP contribution in [0.3, 0.4) is 0 Å². The van der Waals surface area contributed by atoms with Crippen LogP contribution in [0, 0.1) is 0 Å². The highest BCUT2D eigenvalue weighted by atomic mass is 16.7. The van der Waals surface area contributed by atoms with Gasteiger partial charge in [-0.25, -0.2) is 5.06 Å². The zero-order chi connectivity index (χ0) is 13.0. The predicted octanol–water partition coefficient (Wildman–Crippen LogP) is -0.992. The molecule has 92 valence electrons. The number of hydrogen-bond donors (Lipinski definition) is 2. The van der Waals surface area contributed by atoms with Gasteiger partial charge in [-0.2, -0.15) is 0 Å². The average molecular weight is 239 g/mol. The smallest absolute Gasteiger partial charge is 0.492 e. The first-order valence-corrected chi connectivity index (χ1v) is 4.87. The quantitative estimate of drug-likeness (QED) is 0.520. The molecule has 1 aromatic carbocycles. The number of carbonyl (C=O) groups excluding carboxylic acids is 1. The molecule has 1 rings (SSSR count). The van der Waals surface area contributed by atoms with Crippen molar-refractivity contribution >= 4 is 18.5 Å². The number of carbonyl (C=O) groups is 1. The van der Waals surface area contributed by atoms with E-state index in [0.29, 0.717) is 5.56 Å². The molecule has 0 bridgehead atoms. The fourth-order valence-electron chi connectivity index (χ4n) is 1.32. The van der Waals surface area contributed by atoms with Crippen molar-refractivity contribution in [2.45, 2.75) is 0 Å². The van der Waals surface area contributed by atoms with Gasteiger partial charge in [-0.3, -0.25) is 9.63 Å². The molecule has 1 amide bonds. The molecule has 17 heavy (non-hydrogen) atoms. The first-order valence-electron chi connectivity index (χ1n) is 4.87. The molecule has 0 aliphatic carbocycles. The van der Waals surface area contributed by atoms with Crippen LogP contribution in [0.25, 0.3) is 0 Å². The standard InChI is InChI=1S/C10H14BNO5/c1-12(17-3)10(13)7-4-5-8(11(14)15)9(6-7)16-2/h4-6,14-15H,1-3H3. The molecular formula is C10H14BNO5. The van der Waals surface area contributed by atoms with Crippen LogP contribution in [-0.4, -0.2) is 49.4 Å². The molecule has 0 heterocycles. The fourth-order valence-corrected chi connectivity index (χ4v) is 1.32. The molecule has 0 saturated carbocycles. The van der Waals surface area contributed by atoms with E-state index in [2.05, 4.69) is 0 Å². The van der Waals surface area contributed by atoms with Crippen molar-refractivity contribution in [3.8, 4) is 5.75 Å². The molecule has 0 aliphatic rings. The van der Waals surface area contributed by atoms with Gasteiger partial charge in [0.25, 0.3) is 5.91 Å². The van der Waals surface area contributed by atoms with E-state index in [9.17, 15) is 4.79 Å². The third kappa shape index (κ3) is 2.97. The summed E-state index contributed by atoms with van der Waals surface area (Å²) < 4.78 is 4.98. The molecular weight excluding hydrogens is 225 g/mol. The summed E-state index contributed by atoms with van der Waals surface area (Å²) in [5.41, 5.74) is 0.528. The summed E-state index contributed by atoms with van der Waals surface area (Å²) in [5, 5.41) is 19.2. The van der Waals surface area contributed by atoms with Crippen molar-refractivity contribution in [1.82, 2.24) is 5.06 Å². The summed E-state index contributed by atoms with van der Waals surface area (Å²) in [6.45, 7) is 0. The SMILES string of the molecule is COc1cc(C(=O)N(C)OC)ccc1B(O)O. The Balaban J connectivity index is 3.09. The van der Waals surface area contributed by atoms with Gasteiger partial charge < -0.3 is 14.8 Å². The van der Waals surface area contributed by atoms with E-state index in [4.69, 9.17) is 19.6 Å². The minimum absolute atomic E-state index is 0.198. The molecule has 0 aliphatic heterocycles. The third-order valence-corrected chi connectivity index (χ3v) is 2.32. The lowest BCUT2D eigenvalue weighted by atomic mass is 9.79. The summed E-state index contributed by atoms with van der Waals surface area (Å²) in [5.74, 6) is -0.125. The third-order valence-electron chi connectivity index (χ3n) is 2.32. The molecule has 7 heteroatoms. The predicted molar refractivity (Wildman–Crippen MR) is 61.9 cm³/mol. The number of rotatable bonds is 4. The number of benzene rings is 1. The zero-order valence-electron chi connectivity index (χ0n) is 9.88. The molecule has 0 spiro atoms. The number of hydroxylamine groups is 2.